The molecule has 0 aliphatic rings. The number of phenols is 1. The lowest BCUT2D eigenvalue weighted by atomic mass is 10.0. The third-order valence-corrected chi connectivity index (χ3v) is 2.44. The summed E-state index contributed by atoms with van der Waals surface area (Å²) in [4.78, 5) is 11.4. The molecule has 1 aromatic rings. The van der Waals surface area contributed by atoms with Gasteiger partial charge in [-0.25, -0.2) is 4.79 Å². The Morgan fingerprint density at radius 1 is 1.62 bits per heavy atom. The van der Waals surface area contributed by atoms with Crippen LogP contribution in [0.15, 0.2) is 18.2 Å². The molecule has 1 atom stereocenters. The summed E-state index contributed by atoms with van der Waals surface area (Å²) in [5.41, 5.74) is 6.82. The number of hydrogen-bond acceptors (Lipinski definition) is 4. The first-order valence-corrected chi connectivity index (χ1v) is 5.43. The van der Waals surface area contributed by atoms with Crippen molar-refractivity contribution in [1.82, 2.24) is 0 Å². The highest BCUT2D eigenvalue weighted by Gasteiger charge is 2.17. The zero-order valence-electron chi connectivity index (χ0n) is 8.94. The molecule has 88 valence electrons. The number of hydrogen-bond donors (Lipinski definition) is 2. The van der Waals surface area contributed by atoms with Crippen LogP contribution in [0, 0.1) is 0 Å². The van der Waals surface area contributed by atoms with Gasteiger partial charge in [-0.15, -0.1) is 11.6 Å². The Balaban J connectivity index is 2.91. The average Bonchev–Trinajstić information content (AvgIpc) is 2.29. The second kappa shape index (κ2) is 5.72. The van der Waals surface area contributed by atoms with Crippen molar-refractivity contribution in [1.29, 1.82) is 0 Å². The van der Waals surface area contributed by atoms with Crippen molar-refractivity contribution in [2.75, 3.05) is 6.61 Å². The van der Waals surface area contributed by atoms with Crippen LogP contribution in [0.2, 0.25) is 0 Å². The molecule has 0 saturated heterocycles. The lowest BCUT2D eigenvalue weighted by Crippen LogP contribution is -2.23. The zero-order chi connectivity index (χ0) is 12.1. The summed E-state index contributed by atoms with van der Waals surface area (Å²) in [6.07, 6.45) is 0. The van der Waals surface area contributed by atoms with Crippen LogP contribution < -0.4 is 5.73 Å². The second-order valence-electron chi connectivity index (χ2n) is 3.25. The first-order chi connectivity index (χ1) is 7.60. The Labute approximate surface area is 99.0 Å². The van der Waals surface area contributed by atoms with Crippen LogP contribution in [0.4, 0.5) is 0 Å². The monoisotopic (exact) mass is 243 g/mol. The average molecular weight is 244 g/mol. The van der Waals surface area contributed by atoms with Gasteiger partial charge in [0.1, 0.15) is 11.8 Å². The van der Waals surface area contributed by atoms with Crippen LogP contribution in [0.3, 0.4) is 0 Å². The number of alkyl halides is 1. The van der Waals surface area contributed by atoms with Gasteiger partial charge in [-0.1, -0.05) is 6.07 Å². The maximum Gasteiger partial charge on any atom is 0.327 e. The molecule has 0 heterocycles. The second-order valence-corrected chi connectivity index (χ2v) is 3.52. The number of phenolic OH excluding ortho intramolecular Hbond substituents is 1. The van der Waals surface area contributed by atoms with Gasteiger partial charge in [0, 0.05) is 5.56 Å². The Morgan fingerprint density at radius 3 is 2.88 bits per heavy atom. The molecule has 1 rings (SSSR count). The number of benzene rings is 1. The van der Waals surface area contributed by atoms with Crippen molar-refractivity contribution >= 4 is 17.6 Å². The predicted octanol–water partition coefficient (Wildman–Crippen LogP) is 1.69. The molecule has 0 saturated carbocycles. The number of carbonyl (C=O) groups is 1. The van der Waals surface area contributed by atoms with Gasteiger partial charge in [0.15, 0.2) is 0 Å². The molecule has 5 heteroatoms. The fourth-order valence-electron chi connectivity index (χ4n) is 1.27. The van der Waals surface area contributed by atoms with E-state index in [-0.39, 0.29) is 18.2 Å². The molecule has 0 amide bonds. The maximum atomic E-state index is 11.4. The van der Waals surface area contributed by atoms with Crippen molar-refractivity contribution in [3.05, 3.63) is 29.3 Å². The minimum atomic E-state index is -0.845. The molecule has 16 heavy (non-hydrogen) atoms. The molecule has 4 nitrogen and oxygen atoms in total. The Bertz CT molecular complexity index is 381. The van der Waals surface area contributed by atoms with Crippen LogP contribution in [0.1, 0.15) is 24.1 Å². The minimum absolute atomic E-state index is 0.0924. The molecule has 0 spiro atoms. The number of ether oxygens (including phenoxy) is 1. The van der Waals surface area contributed by atoms with Crippen LogP contribution in [-0.4, -0.2) is 17.7 Å². The van der Waals surface area contributed by atoms with Crippen molar-refractivity contribution < 1.29 is 14.6 Å². The van der Waals surface area contributed by atoms with Crippen molar-refractivity contribution in [3.63, 3.8) is 0 Å². The quantitative estimate of drug-likeness (QED) is 0.624. The van der Waals surface area contributed by atoms with E-state index >= 15 is 0 Å². The fourth-order valence-corrected chi connectivity index (χ4v) is 1.49. The summed E-state index contributed by atoms with van der Waals surface area (Å²) < 4.78 is 4.80. The van der Waals surface area contributed by atoms with Gasteiger partial charge < -0.3 is 15.6 Å². The van der Waals surface area contributed by atoms with E-state index in [0.29, 0.717) is 11.1 Å². The van der Waals surface area contributed by atoms with E-state index < -0.39 is 12.0 Å². The highest BCUT2D eigenvalue weighted by Crippen LogP contribution is 2.23. The summed E-state index contributed by atoms with van der Waals surface area (Å²) in [6, 6.07) is 3.80. The highest BCUT2D eigenvalue weighted by atomic mass is 35.5. The molecule has 0 aliphatic heterocycles. The zero-order valence-corrected chi connectivity index (χ0v) is 9.70. The molecular weight excluding hydrogens is 230 g/mol. The van der Waals surface area contributed by atoms with E-state index in [2.05, 4.69) is 0 Å². The van der Waals surface area contributed by atoms with E-state index in [0.717, 1.165) is 0 Å². The topological polar surface area (TPSA) is 72.5 Å². The van der Waals surface area contributed by atoms with Gasteiger partial charge in [0.05, 0.1) is 12.5 Å². The van der Waals surface area contributed by atoms with Crippen LogP contribution in [0.25, 0.3) is 0 Å². The number of halogens is 1. The van der Waals surface area contributed by atoms with Gasteiger partial charge in [-0.05, 0) is 24.6 Å². The summed E-state index contributed by atoms with van der Waals surface area (Å²) >= 11 is 5.63. The lowest BCUT2D eigenvalue weighted by molar-refractivity contribution is -0.144. The van der Waals surface area contributed by atoms with E-state index in [1.54, 1.807) is 19.1 Å². The van der Waals surface area contributed by atoms with Crippen LogP contribution in [0.5, 0.6) is 5.75 Å². The normalized spacial score (nSPS) is 12.2. The van der Waals surface area contributed by atoms with Crippen molar-refractivity contribution in [2.24, 2.45) is 5.73 Å². The van der Waals surface area contributed by atoms with Crippen molar-refractivity contribution in [2.45, 2.75) is 18.8 Å². The minimum Gasteiger partial charge on any atom is -0.508 e. The summed E-state index contributed by atoms with van der Waals surface area (Å²) in [5, 5.41) is 9.42. The number of aromatic hydroxyl groups is 1. The smallest absolute Gasteiger partial charge is 0.327 e. The summed E-state index contributed by atoms with van der Waals surface area (Å²) in [5.74, 6) is -0.238. The molecule has 3 N–H and O–H groups in total. The fraction of sp³-hybridized carbons (Fsp3) is 0.364. The standard InChI is InChI=1S/C11H14ClNO3/c1-2-16-11(15)10(13)7-3-4-9(14)8(5-7)6-12/h3-5,10,14H,2,6,13H2,1H3. The Morgan fingerprint density at radius 2 is 2.31 bits per heavy atom. The van der Waals surface area contributed by atoms with E-state index in [1.807, 2.05) is 0 Å². The van der Waals surface area contributed by atoms with Gasteiger partial charge in [0.25, 0.3) is 0 Å². The first-order valence-electron chi connectivity index (χ1n) is 4.90. The molecule has 1 aromatic carbocycles. The van der Waals surface area contributed by atoms with E-state index in [1.165, 1.54) is 6.07 Å². The molecule has 0 aromatic heterocycles. The van der Waals surface area contributed by atoms with Crippen LogP contribution >= 0.6 is 11.6 Å². The third-order valence-electron chi connectivity index (χ3n) is 2.15. The van der Waals surface area contributed by atoms with E-state index in [4.69, 9.17) is 22.1 Å². The summed E-state index contributed by atoms with van der Waals surface area (Å²) in [7, 11) is 0. The van der Waals surface area contributed by atoms with Crippen molar-refractivity contribution in [3.8, 4) is 5.75 Å². The molecule has 1 unspecified atom stereocenters. The largest absolute Gasteiger partial charge is 0.508 e. The molecular formula is C11H14ClNO3. The number of esters is 1. The van der Waals surface area contributed by atoms with Gasteiger partial charge in [-0.2, -0.15) is 0 Å². The number of carbonyl (C=O) groups excluding carboxylic acids is 1. The van der Waals surface area contributed by atoms with Crippen LogP contribution in [-0.2, 0) is 15.4 Å². The number of nitrogens with two attached hydrogens (primary N) is 1. The van der Waals surface area contributed by atoms with E-state index in [9.17, 15) is 9.90 Å². The van der Waals surface area contributed by atoms with Gasteiger partial charge in [-0.3, -0.25) is 0 Å². The maximum absolute atomic E-state index is 11.4. The molecule has 0 aliphatic carbocycles. The Kier molecular flexibility index (Phi) is 4.58. The summed E-state index contributed by atoms with van der Waals surface area (Å²) in [6.45, 7) is 2.00. The van der Waals surface area contributed by atoms with Gasteiger partial charge in [0.2, 0.25) is 0 Å². The highest BCUT2D eigenvalue weighted by molar-refractivity contribution is 6.17. The Hall–Kier alpha value is -1.26. The first kappa shape index (κ1) is 12.8. The lowest BCUT2D eigenvalue weighted by Gasteiger charge is -2.12. The predicted molar refractivity (Wildman–Crippen MR) is 61.2 cm³/mol. The van der Waals surface area contributed by atoms with Gasteiger partial charge >= 0.3 is 5.97 Å². The third kappa shape index (κ3) is 2.87. The molecule has 0 radical (unpaired) electrons. The molecule has 0 fully saturated rings. The molecule has 0 bridgehead atoms. The SMILES string of the molecule is CCOC(=O)C(N)c1ccc(O)c(CCl)c1. The number of rotatable bonds is 4.